The van der Waals surface area contributed by atoms with Crippen molar-refractivity contribution in [1.29, 1.82) is 0 Å². The first-order chi connectivity index (χ1) is 9.59. The molecule has 1 fully saturated rings. The Bertz CT molecular complexity index is 634. The Morgan fingerprint density at radius 1 is 1.38 bits per heavy atom. The van der Waals surface area contributed by atoms with Crippen LogP contribution in [0.3, 0.4) is 0 Å². The highest BCUT2D eigenvalue weighted by molar-refractivity contribution is 7.91. The monoisotopic (exact) mass is 343 g/mol. The second-order valence-electron chi connectivity index (χ2n) is 4.69. The van der Waals surface area contributed by atoms with Crippen LogP contribution >= 0.6 is 11.3 Å². The number of hydrogen-bond acceptors (Lipinski definition) is 4. The first-order valence-corrected chi connectivity index (χ1v) is 8.24. The van der Waals surface area contributed by atoms with E-state index in [1.807, 2.05) is 0 Å². The van der Waals surface area contributed by atoms with E-state index in [1.54, 1.807) is 0 Å². The molecule has 1 heterocycles. The molecule has 21 heavy (non-hydrogen) atoms. The molecule has 1 aliphatic carbocycles. The fraction of sp³-hybridized carbons (Fsp3) is 0.545. The van der Waals surface area contributed by atoms with E-state index in [4.69, 9.17) is 5.11 Å². The van der Waals surface area contributed by atoms with E-state index >= 15 is 0 Å². The molecule has 10 heteroatoms. The maximum absolute atomic E-state index is 12.5. The lowest BCUT2D eigenvalue weighted by molar-refractivity contribution is -0.137. The number of rotatable bonds is 6. The lowest BCUT2D eigenvalue weighted by Gasteiger charge is -2.22. The summed E-state index contributed by atoms with van der Waals surface area (Å²) in [5.74, 6) is -1.13. The van der Waals surface area contributed by atoms with Crippen molar-refractivity contribution in [2.24, 2.45) is 0 Å². The second-order valence-corrected chi connectivity index (χ2v) is 7.97. The van der Waals surface area contributed by atoms with E-state index < -0.39 is 34.8 Å². The zero-order valence-corrected chi connectivity index (χ0v) is 12.3. The number of carboxylic acids is 1. The number of hydrogen-bond donors (Lipinski definition) is 1. The quantitative estimate of drug-likeness (QED) is 0.858. The van der Waals surface area contributed by atoms with Crippen LogP contribution in [-0.4, -0.2) is 42.6 Å². The average Bonchev–Trinajstić information content (AvgIpc) is 3.04. The molecule has 1 aromatic heterocycles. The van der Waals surface area contributed by atoms with Gasteiger partial charge in [-0.25, -0.2) is 8.42 Å². The van der Waals surface area contributed by atoms with Crippen LogP contribution in [0.4, 0.5) is 13.2 Å². The summed E-state index contributed by atoms with van der Waals surface area (Å²) < 4.78 is 62.4. The Kier molecular flexibility index (Phi) is 4.31. The minimum atomic E-state index is -4.61. The fourth-order valence-corrected chi connectivity index (χ4v) is 4.95. The summed E-state index contributed by atoms with van der Waals surface area (Å²) in [7, 11) is -4.25. The Balaban J connectivity index is 2.26. The molecule has 0 atom stereocenters. The van der Waals surface area contributed by atoms with Gasteiger partial charge in [0.05, 0.1) is 6.42 Å². The molecule has 2 rings (SSSR count). The molecule has 118 valence electrons. The molecule has 5 nitrogen and oxygen atoms in total. The van der Waals surface area contributed by atoms with Crippen molar-refractivity contribution in [2.45, 2.75) is 35.7 Å². The lowest BCUT2D eigenvalue weighted by atomic mass is 10.3. The molecule has 1 saturated carbocycles. The van der Waals surface area contributed by atoms with Crippen molar-refractivity contribution < 1.29 is 31.5 Å². The van der Waals surface area contributed by atoms with E-state index in [-0.39, 0.29) is 15.5 Å². The Morgan fingerprint density at radius 2 is 2.00 bits per heavy atom. The Hall–Kier alpha value is -1.13. The number of thiophene rings is 1. The van der Waals surface area contributed by atoms with Crippen LogP contribution in [-0.2, 0) is 21.2 Å². The van der Waals surface area contributed by atoms with Crippen LogP contribution in [0.5, 0.6) is 0 Å². The third-order valence-corrected chi connectivity index (χ3v) is 6.27. The van der Waals surface area contributed by atoms with Crippen LogP contribution in [0, 0.1) is 0 Å². The number of carbonyl (C=O) groups is 1. The zero-order chi connectivity index (χ0) is 15.8. The van der Waals surface area contributed by atoms with Crippen molar-refractivity contribution in [2.75, 3.05) is 6.54 Å². The molecule has 0 aliphatic heterocycles. The molecule has 0 bridgehead atoms. The van der Waals surface area contributed by atoms with Crippen LogP contribution in [0.1, 0.15) is 17.7 Å². The van der Waals surface area contributed by atoms with Gasteiger partial charge in [-0.05, 0) is 25.0 Å². The van der Waals surface area contributed by atoms with Crippen molar-refractivity contribution in [3.05, 3.63) is 17.0 Å². The first kappa shape index (κ1) is 16.2. The topological polar surface area (TPSA) is 74.7 Å². The largest absolute Gasteiger partial charge is 0.481 e. The second kappa shape index (κ2) is 5.58. The van der Waals surface area contributed by atoms with Gasteiger partial charge in [-0.15, -0.1) is 11.3 Å². The summed E-state index contributed by atoms with van der Waals surface area (Å²) in [6, 6.07) is 1.84. The summed E-state index contributed by atoms with van der Waals surface area (Å²) >= 11 is 0.690. The predicted molar refractivity (Wildman–Crippen MR) is 68.6 cm³/mol. The molecule has 1 aromatic rings. The molecule has 0 spiro atoms. The van der Waals surface area contributed by atoms with Crippen LogP contribution in [0.2, 0.25) is 0 Å². The van der Waals surface area contributed by atoms with Crippen molar-refractivity contribution in [3.8, 4) is 0 Å². The lowest BCUT2D eigenvalue weighted by Crippen LogP contribution is -2.40. The third kappa shape index (κ3) is 4.17. The van der Waals surface area contributed by atoms with Crippen LogP contribution in [0.25, 0.3) is 0 Å². The standard InChI is InChI=1S/C11H12F3NO4S2/c12-11(13,14)6-15(7-1-2-7)21(18,19)10-4-3-8(20-10)5-9(16)17/h3-4,7H,1-2,5-6H2,(H,16,17). The Labute approximate surface area is 123 Å². The molecule has 0 unspecified atom stereocenters. The molecule has 0 amide bonds. The summed E-state index contributed by atoms with van der Waals surface area (Å²) in [6.07, 6.45) is -4.16. The number of carboxylic acid groups (broad SMARTS) is 1. The highest BCUT2D eigenvalue weighted by Crippen LogP contribution is 2.36. The van der Waals surface area contributed by atoms with Crippen molar-refractivity contribution in [1.82, 2.24) is 4.31 Å². The van der Waals surface area contributed by atoms with Crippen molar-refractivity contribution >= 4 is 27.3 Å². The van der Waals surface area contributed by atoms with Gasteiger partial charge in [0.1, 0.15) is 10.8 Å². The van der Waals surface area contributed by atoms with Gasteiger partial charge in [0, 0.05) is 10.9 Å². The minimum absolute atomic E-state index is 0.255. The van der Waals surface area contributed by atoms with E-state index in [1.165, 1.54) is 6.07 Å². The van der Waals surface area contributed by atoms with Gasteiger partial charge in [-0.1, -0.05) is 0 Å². The van der Waals surface area contributed by atoms with Gasteiger partial charge in [-0.3, -0.25) is 4.79 Å². The predicted octanol–water partition coefficient (Wildman–Crippen LogP) is 2.09. The zero-order valence-electron chi connectivity index (χ0n) is 10.6. The number of aliphatic carboxylic acids is 1. The summed E-state index contributed by atoms with van der Waals surface area (Å²) in [5.41, 5.74) is 0. The highest BCUT2D eigenvalue weighted by atomic mass is 32.2. The van der Waals surface area contributed by atoms with E-state index in [2.05, 4.69) is 0 Å². The number of sulfonamides is 1. The van der Waals surface area contributed by atoms with E-state index in [0.717, 1.165) is 6.07 Å². The van der Waals surface area contributed by atoms with E-state index in [0.29, 0.717) is 28.5 Å². The van der Waals surface area contributed by atoms with Crippen LogP contribution < -0.4 is 0 Å². The number of alkyl halides is 3. The maximum Gasteiger partial charge on any atom is 0.402 e. The highest BCUT2D eigenvalue weighted by Gasteiger charge is 2.45. The van der Waals surface area contributed by atoms with Gasteiger partial charge >= 0.3 is 12.1 Å². The molecule has 0 saturated heterocycles. The normalized spacial score (nSPS) is 16.4. The molecular formula is C11H12F3NO4S2. The van der Waals surface area contributed by atoms with Gasteiger partial charge < -0.3 is 5.11 Å². The smallest absolute Gasteiger partial charge is 0.402 e. The molecule has 1 aliphatic rings. The summed E-state index contributed by atoms with van der Waals surface area (Å²) in [5, 5.41) is 8.64. The van der Waals surface area contributed by atoms with Crippen LogP contribution in [0.15, 0.2) is 16.3 Å². The summed E-state index contributed by atoms with van der Waals surface area (Å²) in [4.78, 5) is 10.8. The first-order valence-electron chi connectivity index (χ1n) is 5.99. The number of halogens is 3. The van der Waals surface area contributed by atoms with Gasteiger partial charge in [0.25, 0.3) is 10.0 Å². The average molecular weight is 343 g/mol. The van der Waals surface area contributed by atoms with Gasteiger partial charge in [0.2, 0.25) is 0 Å². The molecule has 0 radical (unpaired) electrons. The molecular weight excluding hydrogens is 331 g/mol. The third-order valence-electron chi connectivity index (χ3n) is 2.81. The maximum atomic E-state index is 12.5. The SMILES string of the molecule is O=C(O)Cc1ccc(S(=O)(=O)N(CC(F)(F)F)C2CC2)s1. The Morgan fingerprint density at radius 3 is 2.48 bits per heavy atom. The van der Waals surface area contributed by atoms with Gasteiger partial charge in [-0.2, -0.15) is 17.5 Å². The van der Waals surface area contributed by atoms with Crippen molar-refractivity contribution in [3.63, 3.8) is 0 Å². The molecule has 1 N–H and O–H groups in total. The minimum Gasteiger partial charge on any atom is -0.481 e. The summed E-state index contributed by atoms with van der Waals surface area (Å²) in [6.45, 7) is -1.52. The van der Waals surface area contributed by atoms with Gasteiger partial charge in [0.15, 0.2) is 0 Å². The fourth-order valence-electron chi connectivity index (χ4n) is 1.81. The molecule has 0 aromatic carbocycles. The number of nitrogens with zero attached hydrogens (tertiary/aromatic N) is 1. The van der Waals surface area contributed by atoms with E-state index in [9.17, 15) is 26.4 Å².